The summed E-state index contributed by atoms with van der Waals surface area (Å²) in [6, 6.07) is -0.323. The second-order valence-corrected chi connectivity index (χ2v) is 4.51. The van der Waals surface area contributed by atoms with Gasteiger partial charge in [-0.05, 0) is 19.8 Å². The van der Waals surface area contributed by atoms with Crippen LogP contribution in [0.5, 0.6) is 0 Å². The normalized spacial score (nSPS) is 18.4. The summed E-state index contributed by atoms with van der Waals surface area (Å²) in [5, 5.41) is 5.50. The lowest BCUT2D eigenvalue weighted by Gasteiger charge is -2.21. The number of amides is 2. The van der Waals surface area contributed by atoms with Crippen LogP contribution in [0.15, 0.2) is 0 Å². The van der Waals surface area contributed by atoms with E-state index in [9.17, 15) is 9.59 Å². The highest BCUT2D eigenvalue weighted by Gasteiger charge is 2.17. The van der Waals surface area contributed by atoms with Crippen LogP contribution in [0, 0.1) is 0 Å². The summed E-state index contributed by atoms with van der Waals surface area (Å²) < 4.78 is 0. The van der Waals surface area contributed by atoms with Gasteiger partial charge in [-0.1, -0.05) is 12.8 Å². The van der Waals surface area contributed by atoms with Crippen molar-refractivity contribution >= 4 is 11.8 Å². The summed E-state index contributed by atoms with van der Waals surface area (Å²) in [5.41, 5.74) is 0. The maximum atomic E-state index is 11.9. The quantitative estimate of drug-likeness (QED) is 0.734. The lowest BCUT2D eigenvalue weighted by atomic mass is 10.2. The third-order valence-corrected chi connectivity index (χ3v) is 3.16. The smallest absolute Gasteiger partial charge is 0.236 e. The van der Waals surface area contributed by atoms with Crippen molar-refractivity contribution in [2.45, 2.75) is 38.6 Å². The Bertz CT molecular complexity index is 260. The van der Waals surface area contributed by atoms with E-state index in [1.54, 1.807) is 14.0 Å². The molecule has 1 fully saturated rings. The predicted molar refractivity (Wildman–Crippen MR) is 66.6 cm³/mol. The molecule has 0 bridgehead atoms. The first-order valence-electron chi connectivity index (χ1n) is 6.38. The fourth-order valence-electron chi connectivity index (χ4n) is 1.98. The lowest BCUT2D eigenvalue weighted by molar-refractivity contribution is -0.130. The molecule has 5 nitrogen and oxygen atoms in total. The second-order valence-electron chi connectivity index (χ2n) is 4.51. The van der Waals surface area contributed by atoms with E-state index in [4.69, 9.17) is 0 Å². The summed E-state index contributed by atoms with van der Waals surface area (Å²) in [6.07, 6.45) is 4.62. The van der Waals surface area contributed by atoms with Crippen LogP contribution >= 0.6 is 0 Å². The van der Waals surface area contributed by atoms with Gasteiger partial charge in [-0.15, -0.1) is 0 Å². The predicted octanol–water partition coefficient (Wildman–Crippen LogP) is 0.113. The number of nitrogens with one attached hydrogen (secondary N) is 2. The molecule has 17 heavy (non-hydrogen) atoms. The maximum Gasteiger partial charge on any atom is 0.236 e. The standard InChI is InChI=1S/C12H23N3O2/c1-10(12(17)13-2)14-9-11(16)15-7-5-3-4-6-8-15/h10,14H,3-9H2,1-2H3,(H,13,17). The first-order valence-corrected chi connectivity index (χ1v) is 6.38. The molecular weight excluding hydrogens is 218 g/mol. The maximum absolute atomic E-state index is 11.9. The number of nitrogens with zero attached hydrogens (tertiary/aromatic N) is 1. The van der Waals surface area contributed by atoms with E-state index in [0.29, 0.717) is 0 Å². The van der Waals surface area contributed by atoms with Crippen molar-refractivity contribution in [3.63, 3.8) is 0 Å². The molecular formula is C12H23N3O2. The van der Waals surface area contributed by atoms with Gasteiger partial charge in [0.25, 0.3) is 0 Å². The number of likely N-dealkylation sites (N-methyl/N-ethyl adjacent to an activating group) is 1. The Morgan fingerprint density at radius 3 is 2.29 bits per heavy atom. The molecule has 1 aliphatic rings. The zero-order valence-electron chi connectivity index (χ0n) is 10.8. The molecule has 1 rings (SSSR count). The highest BCUT2D eigenvalue weighted by molar-refractivity contribution is 5.83. The van der Waals surface area contributed by atoms with Crippen molar-refractivity contribution in [3.05, 3.63) is 0 Å². The molecule has 0 spiro atoms. The van der Waals surface area contributed by atoms with Gasteiger partial charge in [0.05, 0.1) is 12.6 Å². The van der Waals surface area contributed by atoms with Gasteiger partial charge in [0.1, 0.15) is 0 Å². The molecule has 0 radical (unpaired) electrons. The summed E-state index contributed by atoms with van der Waals surface area (Å²) in [4.78, 5) is 25.1. The summed E-state index contributed by atoms with van der Waals surface area (Å²) in [5.74, 6) is 0.0105. The zero-order chi connectivity index (χ0) is 12.7. The minimum Gasteiger partial charge on any atom is -0.358 e. The highest BCUT2D eigenvalue weighted by atomic mass is 16.2. The Kier molecular flexibility index (Phi) is 5.97. The minimum atomic E-state index is -0.323. The van der Waals surface area contributed by atoms with Gasteiger partial charge in [-0.25, -0.2) is 0 Å². The first kappa shape index (κ1) is 14.0. The lowest BCUT2D eigenvalue weighted by Crippen LogP contribution is -2.46. The molecule has 0 aliphatic carbocycles. The van der Waals surface area contributed by atoms with Gasteiger partial charge < -0.3 is 10.2 Å². The molecule has 98 valence electrons. The van der Waals surface area contributed by atoms with E-state index >= 15 is 0 Å². The number of hydrogen-bond donors (Lipinski definition) is 2. The topological polar surface area (TPSA) is 61.4 Å². The molecule has 2 amide bonds. The average Bonchev–Trinajstić information content (AvgIpc) is 2.63. The van der Waals surface area contributed by atoms with Crippen molar-refractivity contribution in [1.82, 2.24) is 15.5 Å². The fourth-order valence-corrected chi connectivity index (χ4v) is 1.98. The van der Waals surface area contributed by atoms with E-state index in [-0.39, 0.29) is 24.4 Å². The van der Waals surface area contributed by atoms with Gasteiger partial charge in [-0.2, -0.15) is 0 Å². The van der Waals surface area contributed by atoms with Crippen LogP contribution in [0.1, 0.15) is 32.6 Å². The Morgan fingerprint density at radius 2 is 1.76 bits per heavy atom. The number of likely N-dealkylation sites (tertiary alicyclic amines) is 1. The van der Waals surface area contributed by atoms with Crippen LogP contribution in [0.3, 0.4) is 0 Å². The number of hydrogen-bond acceptors (Lipinski definition) is 3. The Hall–Kier alpha value is -1.10. The van der Waals surface area contributed by atoms with Crippen molar-refractivity contribution in [3.8, 4) is 0 Å². The average molecular weight is 241 g/mol. The van der Waals surface area contributed by atoms with Crippen molar-refractivity contribution in [1.29, 1.82) is 0 Å². The van der Waals surface area contributed by atoms with Crippen LogP contribution < -0.4 is 10.6 Å². The number of carbonyl (C=O) groups is 2. The van der Waals surface area contributed by atoms with Gasteiger partial charge >= 0.3 is 0 Å². The van der Waals surface area contributed by atoms with Crippen LogP contribution in [0.25, 0.3) is 0 Å². The summed E-state index contributed by atoms with van der Waals surface area (Å²) in [6.45, 7) is 3.72. The van der Waals surface area contributed by atoms with E-state index in [1.807, 2.05) is 4.90 Å². The van der Waals surface area contributed by atoms with Gasteiger partial charge in [0.15, 0.2) is 0 Å². The molecule has 0 saturated carbocycles. The molecule has 0 aromatic heterocycles. The van der Waals surface area contributed by atoms with Gasteiger partial charge in [0.2, 0.25) is 11.8 Å². The zero-order valence-corrected chi connectivity index (χ0v) is 10.8. The minimum absolute atomic E-state index is 0.0892. The van der Waals surface area contributed by atoms with Crippen molar-refractivity contribution in [2.75, 3.05) is 26.7 Å². The van der Waals surface area contributed by atoms with E-state index < -0.39 is 0 Å². The monoisotopic (exact) mass is 241 g/mol. The van der Waals surface area contributed by atoms with Crippen LogP contribution in [0.2, 0.25) is 0 Å². The fraction of sp³-hybridized carbons (Fsp3) is 0.833. The SMILES string of the molecule is CNC(=O)C(C)NCC(=O)N1CCCCCC1. The Balaban J connectivity index is 2.30. The summed E-state index contributed by atoms with van der Waals surface area (Å²) >= 11 is 0. The largest absolute Gasteiger partial charge is 0.358 e. The first-order chi connectivity index (χ1) is 8.15. The molecule has 1 heterocycles. The molecule has 2 N–H and O–H groups in total. The molecule has 1 saturated heterocycles. The summed E-state index contributed by atoms with van der Waals surface area (Å²) in [7, 11) is 1.59. The van der Waals surface area contributed by atoms with Gasteiger partial charge in [-0.3, -0.25) is 14.9 Å². The highest BCUT2D eigenvalue weighted by Crippen LogP contribution is 2.09. The molecule has 5 heteroatoms. The van der Waals surface area contributed by atoms with Crippen molar-refractivity contribution in [2.24, 2.45) is 0 Å². The second kappa shape index (κ2) is 7.27. The van der Waals surface area contributed by atoms with Crippen LogP contribution in [-0.2, 0) is 9.59 Å². The van der Waals surface area contributed by atoms with Crippen LogP contribution in [-0.4, -0.2) is 49.4 Å². The number of rotatable bonds is 4. The molecule has 1 atom stereocenters. The third kappa shape index (κ3) is 4.73. The van der Waals surface area contributed by atoms with Crippen LogP contribution in [0.4, 0.5) is 0 Å². The number of carbonyl (C=O) groups excluding carboxylic acids is 2. The van der Waals surface area contributed by atoms with Crippen molar-refractivity contribution < 1.29 is 9.59 Å². The third-order valence-electron chi connectivity index (χ3n) is 3.16. The molecule has 1 aliphatic heterocycles. The Labute approximate surface area is 103 Å². The molecule has 0 aromatic carbocycles. The van der Waals surface area contributed by atoms with Gasteiger partial charge in [0, 0.05) is 20.1 Å². The van der Waals surface area contributed by atoms with E-state index in [1.165, 1.54) is 12.8 Å². The Morgan fingerprint density at radius 1 is 1.18 bits per heavy atom. The van der Waals surface area contributed by atoms with E-state index in [2.05, 4.69) is 10.6 Å². The van der Waals surface area contributed by atoms with E-state index in [0.717, 1.165) is 25.9 Å². The molecule has 0 aromatic rings. The molecule has 1 unspecified atom stereocenters.